The number of nitrogens with one attached hydrogen (secondary N) is 2. The maximum absolute atomic E-state index is 11.8. The Kier molecular flexibility index (Phi) is 4.67. The predicted octanol–water partition coefficient (Wildman–Crippen LogP) is 1.64. The Morgan fingerprint density at radius 2 is 2.19 bits per heavy atom. The van der Waals surface area contributed by atoms with Crippen LogP contribution in [-0.2, 0) is 11.3 Å². The molecule has 21 heavy (non-hydrogen) atoms. The summed E-state index contributed by atoms with van der Waals surface area (Å²) in [5, 5.41) is 5.55. The highest BCUT2D eigenvalue weighted by Crippen LogP contribution is 2.31. The summed E-state index contributed by atoms with van der Waals surface area (Å²) in [6, 6.07) is 5.48. The van der Waals surface area contributed by atoms with E-state index < -0.39 is 0 Å². The fourth-order valence-electron chi connectivity index (χ4n) is 2.10. The van der Waals surface area contributed by atoms with Crippen LogP contribution < -0.4 is 20.3 Å². The smallest absolute Gasteiger partial charge is 0.315 e. The van der Waals surface area contributed by atoms with Gasteiger partial charge in [-0.05, 0) is 31.5 Å². The third kappa shape index (κ3) is 3.87. The second-order valence-corrected chi connectivity index (χ2v) is 5.34. The fourth-order valence-corrected chi connectivity index (χ4v) is 2.10. The van der Waals surface area contributed by atoms with E-state index in [1.807, 2.05) is 32.0 Å². The molecule has 114 valence electrons. The molecule has 2 rings (SSSR count). The second kappa shape index (κ2) is 6.47. The molecule has 0 bridgehead atoms. The average molecular weight is 291 g/mol. The minimum Gasteiger partial charge on any atom is -0.491 e. The maximum atomic E-state index is 11.8. The summed E-state index contributed by atoms with van der Waals surface area (Å²) in [5.74, 6) is 0.718. The van der Waals surface area contributed by atoms with E-state index in [0.29, 0.717) is 25.3 Å². The van der Waals surface area contributed by atoms with Gasteiger partial charge in [-0.1, -0.05) is 6.07 Å². The number of hydrogen-bond acceptors (Lipinski definition) is 3. The van der Waals surface area contributed by atoms with Gasteiger partial charge in [-0.2, -0.15) is 0 Å². The van der Waals surface area contributed by atoms with Gasteiger partial charge >= 0.3 is 6.03 Å². The number of ether oxygens (including phenoxy) is 1. The molecular formula is C15H21N3O3. The number of amides is 3. The summed E-state index contributed by atoms with van der Waals surface area (Å²) in [5.41, 5.74) is 1.65. The zero-order chi connectivity index (χ0) is 15.4. The van der Waals surface area contributed by atoms with Crippen molar-refractivity contribution in [3.63, 3.8) is 0 Å². The van der Waals surface area contributed by atoms with Gasteiger partial charge in [0.1, 0.15) is 5.75 Å². The standard InChI is InChI=1S/C15H21N3O3/c1-10(2)17-15(20)16-9-11-4-5-13-12(8-11)18(3)14(19)6-7-21-13/h4-5,8,10H,6-7,9H2,1-3H3,(H2,16,17,20). The van der Waals surface area contributed by atoms with Crippen LogP contribution in [0.1, 0.15) is 25.8 Å². The van der Waals surface area contributed by atoms with Gasteiger partial charge in [0, 0.05) is 19.6 Å². The van der Waals surface area contributed by atoms with Gasteiger partial charge < -0.3 is 20.3 Å². The number of nitrogens with zero attached hydrogens (tertiary/aromatic N) is 1. The minimum absolute atomic E-state index is 0.0245. The highest BCUT2D eigenvalue weighted by atomic mass is 16.5. The molecule has 3 amide bonds. The molecule has 0 aliphatic carbocycles. The van der Waals surface area contributed by atoms with Crippen LogP contribution in [0.15, 0.2) is 18.2 Å². The van der Waals surface area contributed by atoms with E-state index >= 15 is 0 Å². The van der Waals surface area contributed by atoms with Gasteiger partial charge in [-0.25, -0.2) is 4.79 Å². The van der Waals surface area contributed by atoms with Crippen molar-refractivity contribution in [2.24, 2.45) is 0 Å². The minimum atomic E-state index is -0.208. The van der Waals surface area contributed by atoms with Crippen molar-refractivity contribution in [1.29, 1.82) is 0 Å². The molecule has 0 saturated heterocycles. The lowest BCUT2D eigenvalue weighted by molar-refractivity contribution is -0.118. The summed E-state index contributed by atoms with van der Waals surface area (Å²) in [7, 11) is 1.73. The Morgan fingerprint density at radius 3 is 2.90 bits per heavy atom. The van der Waals surface area contributed by atoms with Crippen molar-refractivity contribution in [1.82, 2.24) is 10.6 Å². The highest BCUT2D eigenvalue weighted by Gasteiger charge is 2.20. The molecule has 1 aliphatic rings. The maximum Gasteiger partial charge on any atom is 0.315 e. The molecule has 1 aliphatic heterocycles. The third-order valence-electron chi connectivity index (χ3n) is 3.21. The van der Waals surface area contributed by atoms with Crippen LogP contribution in [0.2, 0.25) is 0 Å². The lowest BCUT2D eigenvalue weighted by Gasteiger charge is -2.17. The van der Waals surface area contributed by atoms with Crippen LogP contribution in [-0.4, -0.2) is 31.6 Å². The first-order valence-corrected chi connectivity index (χ1v) is 7.04. The Bertz CT molecular complexity index is 543. The summed E-state index contributed by atoms with van der Waals surface area (Å²) in [6.07, 6.45) is 0.371. The number of carbonyl (C=O) groups excluding carboxylic acids is 2. The zero-order valence-corrected chi connectivity index (χ0v) is 12.6. The number of rotatable bonds is 3. The first kappa shape index (κ1) is 15.2. The molecule has 0 radical (unpaired) electrons. The lowest BCUT2D eigenvalue weighted by Crippen LogP contribution is -2.39. The number of fused-ring (bicyclic) bond motifs is 1. The zero-order valence-electron chi connectivity index (χ0n) is 12.6. The van der Waals surface area contributed by atoms with Gasteiger partial charge in [-0.3, -0.25) is 4.79 Å². The van der Waals surface area contributed by atoms with E-state index in [1.54, 1.807) is 11.9 Å². The van der Waals surface area contributed by atoms with E-state index in [9.17, 15) is 9.59 Å². The Labute approximate surface area is 124 Å². The highest BCUT2D eigenvalue weighted by molar-refractivity contribution is 5.95. The average Bonchev–Trinajstić information content (AvgIpc) is 2.56. The van der Waals surface area contributed by atoms with Crippen molar-refractivity contribution >= 4 is 17.6 Å². The molecule has 1 aromatic rings. The molecular weight excluding hydrogens is 270 g/mol. The van der Waals surface area contributed by atoms with Crippen LogP contribution in [0.3, 0.4) is 0 Å². The fraction of sp³-hybridized carbons (Fsp3) is 0.467. The number of carbonyl (C=O) groups is 2. The molecule has 1 aromatic carbocycles. The topological polar surface area (TPSA) is 70.7 Å². The first-order valence-electron chi connectivity index (χ1n) is 7.04. The first-order chi connectivity index (χ1) is 9.97. The van der Waals surface area contributed by atoms with E-state index in [2.05, 4.69) is 10.6 Å². The van der Waals surface area contributed by atoms with Crippen molar-refractivity contribution < 1.29 is 14.3 Å². The van der Waals surface area contributed by atoms with E-state index in [-0.39, 0.29) is 18.0 Å². The number of benzene rings is 1. The Balaban J connectivity index is 2.08. The van der Waals surface area contributed by atoms with Crippen LogP contribution >= 0.6 is 0 Å². The van der Waals surface area contributed by atoms with Gasteiger partial charge in [-0.15, -0.1) is 0 Å². The molecule has 6 heteroatoms. The van der Waals surface area contributed by atoms with Crippen molar-refractivity contribution in [3.8, 4) is 5.75 Å². The molecule has 0 aromatic heterocycles. The van der Waals surface area contributed by atoms with Gasteiger partial charge in [0.25, 0.3) is 0 Å². The second-order valence-electron chi connectivity index (χ2n) is 5.34. The van der Waals surface area contributed by atoms with Gasteiger partial charge in [0.05, 0.1) is 18.7 Å². The van der Waals surface area contributed by atoms with Gasteiger partial charge in [0.2, 0.25) is 5.91 Å². The molecule has 0 atom stereocenters. The SMILES string of the molecule is CC(C)NC(=O)NCc1ccc2c(c1)N(C)C(=O)CCO2. The molecule has 6 nitrogen and oxygen atoms in total. The lowest BCUT2D eigenvalue weighted by atomic mass is 10.1. The summed E-state index contributed by atoms with van der Waals surface area (Å²) in [4.78, 5) is 25.0. The van der Waals surface area contributed by atoms with Crippen molar-refractivity contribution in [2.75, 3.05) is 18.6 Å². The van der Waals surface area contributed by atoms with Crippen LogP contribution in [0.5, 0.6) is 5.75 Å². The van der Waals surface area contributed by atoms with Crippen molar-refractivity contribution in [2.45, 2.75) is 32.9 Å². The quantitative estimate of drug-likeness (QED) is 0.889. The van der Waals surface area contributed by atoms with E-state index in [1.165, 1.54) is 0 Å². The van der Waals surface area contributed by atoms with Crippen molar-refractivity contribution in [3.05, 3.63) is 23.8 Å². The van der Waals surface area contributed by atoms with Crippen LogP contribution in [0, 0.1) is 0 Å². The molecule has 0 fully saturated rings. The normalized spacial score (nSPS) is 14.3. The summed E-state index contributed by atoms with van der Waals surface area (Å²) >= 11 is 0. The molecule has 2 N–H and O–H groups in total. The summed E-state index contributed by atoms with van der Waals surface area (Å²) in [6.45, 7) is 4.60. The summed E-state index contributed by atoms with van der Waals surface area (Å²) < 4.78 is 5.56. The number of hydrogen-bond donors (Lipinski definition) is 2. The monoisotopic (exact) mass is 291 g/mol. The van der Waals surface area contributed by atoms with Crippen LogP contribution in [0.4, 0.5) is 10.5 Å². The largest absolute Gasteiger partial charge is 0.491 e. The number of anilines is 1. The number of urea groups is 1. The third-order valence-corrected chi connectivity index (χ3v) is 3.21. The van der Waals surface area contributed by atoms with E-state index in [0.717, 1.165) is 11.3 Å². The Hall–Kier alpha value is -2.24. The molecule has 0 saturated carbocycles. The molecule has 0 spiro atoms. The molecule has 1 heterocycles. The van der Waals surface area contributed by atoms with E-state index in [4.69, 9.17) is 4.74 Å². The molecule has 0 unspecified atom stereocenters. The predicted molar refractivity (Wildman–Crippen MR) is 80.5 cm³/mol. The van der Waals surface area contributed by atoms with Crippen LogP contribution in [0.25, 0.3) is 0 Å². The Morgan fingerprint density at radius 1 is 1.43 bits per heavy atom. The van der Waals surface area contributed by atoms with Gasteiger partial charge in [0.15, 0.2) is 0 Å².